The van der Waals surface area contributed by atoms with Crippen LogP contribution in [0.1, 0.15) is 12.8 Å². The van der Waals surface area contributed by atoms with Gasteiger partial charge in [0.15, 0.2) is 28.2 Å². The number of halogens is 5. The molecule has 1 atom stereocenters. The smallest absolute Gasteiger partial charge is 0.249 e. The molecule has 1 aromatic carbocycles. The second-order valence-electron chi connectivity index (χ2n) is 5.58. The van der Waals surface area contributed by atoms with Crippen LogP contribution in [0, 0.1) is 29.2 Å². The maximum Gasteiger partial charge on any atom is 0.249 e. The standard InChI is InChI=1S/C14H17F4N3O3S.ClH/c15-9-6-10(16)12(18)13(11(9)17)25(23,24)21-5-1-2-8(7-21)14(22)20-4-3-19;/h6,8H,1-5,7,19H2,(H,20,22);1H. The Hall–Kier alpha value is -1.43. The second-order valence-corrected chi connectivity index (χ2v) is 7.45. The molecule has 1 aliphatic rings. The number of hydrogen-bond acceptors (Lipinski definition) is 4. The molecule has 6 nitrogen and oxygen atoms in total. The largest absolute Gasteiger partial charge is 0.355 e. The molecule has 0 saturated carbocycles. The summed E-state index contributed by atoms with van der Waals surface area (Å²) in [5.41, 5.74) is 5.27. The summed E-state index contributed by atoms with van der Waals surface area (Å²) in [6.45, 7) is -0.0876. The first-order valence-corrected chi connectivity index (χ1v) is 8.95. The maximum absolute atomic E-state index is 13.8. The highest BCUT2D eigenvalue weighted by Gasteiger charge is 2.38. The van der Waals surface area contributed by atoms with Gasteiger partial charge in [0.2, 0.25) is 15.9 Å². The van der Waals surface area contributed by atoms with Crippen molar-refractivity contribution in [3.8, 4) is 0 Å². The highest BCUT2D eigenvalue weighted by molar-refractivity contribution is 7.89. The first-order chi connectivity index (χ1) is 11.7. The first-order valence-electron chi connectivity index (χ1n) is 7.51. The van der Waals surface area contributed by atoms with E-state index in [4.69, 9.17) is 5.73 Å². The lowest BCUT2D eigenvalue weighted by Gasteiger charge is -2.31. The third kappa shape index (κ3) is 4.45. The fraction of sp³-hybridized carbons (Fsp3) is 0.500. The van der Waals surface area contributed by atoms with E-state index in [1.54, 1.807) is 0 Å². The van der Waals surface area contributed by atoms with Crippen molar-refractivity contribution < 1.29 is 30.8 Å². The average molecular weight is 420 g/mol. The third-order valence-electron chi connectivity index (χ3n) is 3.87. The zero-order valence-electron chi connectivity index (χ0n) is 13.5. The van der Waals surface area contributed by atoms with Gasteiger partial charge in [-0.1, -0.05) is 0 Å². The number of amides is 1. The minimum atomic E-state index is -4.86. The van der Waals surface area contributed by atoms with Crippen molar-refractivity contribution in [1.82, 2.24) is 9.62 Å². The van der Waals surface area contributed by atoms with Crippen molar-refractivity contribution in [3.63, 3.8) is 0 Å². The second kappa shape index (κ2) is 8.98. The van der Waals surface area contributed by atoms with Gasteiger partial charge in [-0.25, -0.2) is 26.0 Å². The third-order valence-corrected chi connectivity index (χ3v) is 5.75. The van der Waals surface area contributed by atoms with Crippen LogP contribution in [0.2, 0.25) is 0 Å². The number of sulfonamides is 1. The Morgan fingerprint density at radius 2 is 1.81 bits per heavy atom. The molecule has 1 heterocycles. The number of rotatable bonds is 5. The molecule has 1 fully saturated rings. The highest BCUT2D eigenvalue weighted by atomic mass is 35.5. The van der Waals surface area contributed by atoms with Crippen molar-refractivity contribution in [2.45, 2.75) is 17.7 Å². The molecule has 2 rings (SSSR count). The molecule has 1 aromatic rings. The zero-order valence-corrected chi connectivity index (χ0v) is 15.1. The van der Waals surface area contributed by atoms with E-state index >= 15 is 0 Å². The molecule has 1 saturated heterocycles. The lowest BCUT2D eigenvalue weighted by molar-refractivity contribution is -0.126. The van der Waals surface area contributed by atoms with Gasteiger partial charge >= 0.3 is 0 Å². The Balaban J connectivity index is 0.00000338. The topological polar surface area (TPSA) is 92.5 Å². The molecular formula is C14H18ClF4N3O3S. The van der Waals surface area contributed by atoms with Gasteiger partial charge in [0.05, 0.1) is 5.92 Å². The SMILES string of the molecule is Cl.NCCNC(=O)C1CCCN(S(=O)(=O)c2c(F)c(F)cc(F)c2F)C1. The van der Waals surface area contributed by atoms with Crippen LogP contribution in [-0.4, -0.2) is 44.8 Å². The van der Waals surface area contributed by atoms with Crippen molar-refractivity contribution >= 4 is 28.3 Å². The molecular weight excluding hydrogens is 402 g/mol. The maximum atomic E-state index is 13.8. The normalized spacial score (nSPS) is 18.3. The first kappa shape index (κ1) is 22.6. The van der Waals surface area contributed by atoms with E-state index in [2.05, 4.69) is 5.32 Å². The van der Waals surface area contributed by atoms with Crippen LogP contribution in [0.15, 0.2) is 11.0 Å². The summed E-state index contributed by atoms with van der Waals surface area (Å²) < 4.78 is 79.9. The van der Waals surface area contributed by atoms with E-state index in [1.165, 1.54) is 0 Å². The predicted molar refractivity (Wildman–Crippen MR) is 87.1 cm³/mol. The van der Waals surface area contributed by atoms with E-state index in [0.717, 1.165) is 0 Å². The molecule has 1 unspecified atom stereocenters. The number of hydrogen-bond donors (Lipinski definition) is 2. The highest BCUT2D eigenvalue weighted by Crippen LogP contribution is 2.29. The number of carbonyl (C=O) groups excluding carboxylic acids is 1. The molecule has 1 aliphatic heterocycles. The van der Waals surface area contributed by atoms with Gasteiger partial charge in [0.25, 0.3) is 0 Å². The van der Waals surface area contributed by atoms with Gasteiger partial charge in [0, 0.05) is 32.2 Å². The van der Waals surface area contributed by atoms with Crippen LogP contribution in [0.5, 0.6) is 0 Å². The lowest BCUT2D eigenvalue weighted by Crippen LogP contribution is -2.46. The summed E-state index contributed by atoms with van der Waals surface area (Å²) in [4.78, 5) is 10.3. The molecule has 0 bridgehead atoms. The van der Waals surface area contributed by atoms with Gasteiger partial charge in [-0.05, 0) is 12.8 Å². The minimum Gasteiger partial charge on any atom is -0.355 e. The number of piperidine rings is 1. The van der Waals surface area contributed by atoms with Crippen molar-refractivity contribution in [2.24, 2.45) is 11.7 Å². The van der Waals surface area contributed by atoms with Crippen LogP contribution >= 0.6 is 12.4 Å². The number of nitrogens with zero attached hydrogens (tertiary/aromatic N) is 1. The molecule has 1 amide bonds. The van der Waals surface area contributed by atoms with Crippen LogP contribution in [-0.2, 0) is 14.8 Å². The molecule has 3 N–H and O–H groups in total. The molecule has 0 aromatic heterocycles. The quantitative estimate of drug-likeness (QED) is 0.553. The molecule has 26 heavy (non-hydrogen) atoms. The summed E-state index contributed by atoms with van der Waals surface area (Å²) in [6.07, 6.45) is 0.617. The molecule has 12 heteroatoms. The van der Waals surface area contributed by atoms with Crippen molar-refractivity contribution in [2.75, 3.05) is 26.2 Å². The fourth-order valence-electron chi connectivity index (χ4n) is 2.62. The Kier molecular flexibility index (Phi) is 7.81. The number of nitrogens with one attached hydrogen (secondary N) is 1. The minimum absolute atomic E-state index is 0. The van der Waals surface area contributed by atoms with Gasteiger partial charge < -0.3 is 11.1 Å². The summed E-state index contributed by atoms with van der Waals surface area (Å²) in [7, 11) is -4.86. The van der Waals surface area contributed by atoms with E-state index in [1.807, 2.05) is 0 Å². The fourth-order valence-corrected chi connectivity index (χ4v) is 4.27. The summed E-state index contributed by atoms with van der Waals surface area (Å²) in [6, 6.07) is -0.0665. The Labute approximate surface area is 154 Å². The average Bonchev–Trinajstić information content (AvgIpc) is 2.58. The molecule has 148 valence electrons. The monoisotopic (exact) mass is 419 g/mol. The van der Waals surface area contributed by atoms with Gasteiger partial charge in [-0.3, -0.25) is 4.79 Å². The lowest BCUT2D eigenvalue weighted by atomic mass is 9.99. The zero-order chi connectivity index (χ0) is 18.8. The number of carbonyl (C=O) groups is 1. The molecule has 0 aliphatic carbocycles. The molecule has 0 radical (unpaired) electrons. The molecule has 0 spiro atoms. The summed E-state index contributed by atoms with van der Waals surface area (Å²) >= 11 is 0. The summed E-state index contributed by atoms with van der Waals surface area (Å²) in [5, 5.41) is 2.50. The van der Waals surface area contributed by atoms with Crippen LogP contribution in [0.25, 0.3) is 0 Å². The Morgan fingerprint density at radius 3 is 2.35 bits per heavy atom. The van der Waals surface area contributed by atoms with Gasteiger partial charge in [-0.2, -0.15) is 4.31 Å². The van der Waals surface area contributed by atoms with Crippen molar-refractivity contribution in [3.05, 3.63) is 29.3 Å². The van der Waals surface area contributed by atoms with E-state index in [0.29, 0.717) is 10.7 Å². The Bertz CT molecular complexity index is 753. The number of benzene rings is 1. The van der Waals surface area contributed by atoms with Gasteiger partial charge in [-0.15, -0.1) is 12.4 Å². The van der Waals surface area contributed by atoms with E-state index in [9.17, 15) is 30.8 Å². The summed E-state index contributed by atoms with van der Waals surface area (Å²) in [5.74, 6) is -8.81. The van der Waals surface area contributed by atoms with Crippen LogP contribution in [0.3, 0.4) is 0 Å². The van der Waals surface area contributed by atoms with Crippen LogP contribution < -0.4 is 11.1 Å². The van der Waals surface area contributed by atoms with Crippen LogP contribution in [0.4, 0.5) is 17.6 Å². The van der Waals surface area contributed by atoms with Gasteiger partial charge in [0.1, 0.15) is 0 Å². The van der Waals surface area contributed by atoms with E-state index in [-0.39, 0.29) is 51.1 Å². The number of nitrogens with two attached hydrogens (primary N) is 1. The Morgan fingerprint density at radius 1 is 1.23 bits per heavy atom. The van der Waals surface area contributed by atoms with Crippen molar-refractivity contribution in [1.29, 1.82) is 0 Å². The predicted octanol–water partition coefficient (Wildman–Crippen LogP) is 1.14. The van der Waals surface area contributed by atoms with E-state index < -0.39 is 50.0 Å².